The van der Waals surface area contributed by atoms with E-state index in [4.69, 9.17) is 4.74 Å². The Kier molecular flexibility index (Phi) is 16.3. The normalized spacial score (nSPS) is 18.0. The molecule has 0 N–H and O–H groups in total. The van der Waals surface area contributed by atoms with E-state index in [9.17, 15) is 4.79 Å². The summed E-state index contributed by atoms with van der Waals surface area (Å²) in [6.45, 7) is 8.80. The zero-order chi connectivity index (χ0) is 48.0. The fourth-order valence-corrected chi connectivity index (χ4v) is 9.53. The number of carbonyl (C=O) groups excluding carboxylic acids is 1. The Bertz CT molecular complexity index is 3000. The first kappa shape index (κ1) is 47.9. The Morgan fingerprint density at radius 3 is 1.88 bits per heavy atom. The van der Waals surface area contributed by atoms with Crippen molar-refractivity contribution < 1.29 is 9.53 Å². The number of methoxy groups -OCH3 is 1. The van der Waals surface area contributed by atoms with Crippen LogP contribution in [0.4, 0.5) is 0 Å². The van der Waals surface area contributed by atoms with Crippen molar-refractivity contribution in [2.45, 2.75) is 52.9 Å². The molecule has 2 heteroatoms. The number of aryl methyl sites for hydroxylation is 2. The van der Waals surface area contributed by atoms with Crippen molar-refractivity contribution in [1.82, 2.24) is 0 Å². The highest BCUT2D eigenvalue weighted by Crippen LogP contribution is 2.40. The predicted octanol–water partition coefficient (Wildman–Crippen LogP) is 17.1. The molecule has 0 heterocycles. The number of hydrogen-bond donors (Lipinski definition) is 0. The number of ether oxygens (including phenoxy) is 1. The van der Waals surface area contributed by atoms with Crippen molar-refractivity contribution in [3.63, 3.8) is 0 Å². The van der Waals surface area contributed by atoms with Gasteiger partial charge in [-0.1, -0.05) is 238 Å². The molecule has 0 aromatic heterocycles. The molecule has 2 nitrogen and oxygen atoms in total. The van der Waals surface area contributed by atoms with Gasteiger partial charge in [0.25, 0.3) is 0 Å². The summed E-state index contributed by atoms with van der Waals surface area (Å²) in [7, 11) is 1.68. The molecule has 344 valence electrons. The SMILES string of the molecule is CC1C=C(c2ccccc2)C=CC1.COc1cc(C)ccc1C1=CC=C(c2ccc(Cc3cccc(-c4ccccc4)c3)cc2)CC1C=O.Cc1ccc(-c2ccccc2)cc1C1C=CC=CC1C. The molecule has 4 unspecified atom stereocenters. The lowest BCUT2D eigenvalue weighted by atomic mass is 9.81. The smallest absolute Gasteiger partial charge is 0.127 e. The third-order valence-corrected chi connectivity index (χ3v) is 13.4. The monoisotopic (exact) mass is 900 g/mol. The van der Waals surface area contributed by atoms with Crippen LogP contribution in [0.25, 0.3) is 39.0 Å². The molecule has 7 aromatic carbocycles. The fraction of sp³-hybridized carbons (Fsp3) is 0.179. The molecule has 0 saturated carbocycles. The molecule has 3 aliphatic carbocycles. The van der Waals surface area contributed by atoms with Gasteiger partial charge in [-0.25, -0.2) is 0 Å². The van der Waals surface area contributed by atoms with E-state index in [1.807, 2.05) is 19.1 Å². The molecule has 3 aliphatic rings. The number of aldehydes is 1. The van der Waals surface area contributed by atoms with Gasteiger partial charge in [0.1, 0.15) is 12.0 Å². The van der Waals surface area contributed by atoms with E-state index in [2.05, 4.69) is 239 Å². The van der Waals surface area contributed by atoms with Crippen LogP contribution in [0.1, 0.15) is 77.1 Å². The summed E-state index contributed by atoms with van der Waals surface area (Å²) in [5.41, 5.74) is 18.6. The highest BCUT2D eigenvalue weighted by Gasteiger charge is 2.24. The molecule has 0 amide bonds. The number of benzene rings is 7. The average molecular weight is 901 g/mol. The lowest BCUT2D eigenvalue weighted by Crippen LogP contribution is -2.10. The molecule has 0 aliphatic heterocycles. The van der Waals surface area contributed by atoms with Gasteiger partial charge < -0.3 is 9.53 Å². The molecule has 10 rings (SSSR count). The van der Waals surface area contributed by atoms with Crippen molar-refractivity contribution in [3.8, 4) is 28.0 Å². The van der Waals surface area contributed by atoms with E-state index in [0.717, 1.165) is 40.7 Å². The molecular weight excluding hydrogens is 837 g/mol. The number of hydrogen-bond acceptors (Lipinski definition) is 2. The van der Waals surface area contributed by atoms with E-state index in [-0.39, 0.29) is 5.92 Å². The molecule has 0 fully saturated rings. The number of rotatable bonds is 10. The molecule has 0 spiro atoms. The lowest BCUT2D eigenvalue weighted by molar-refractivity contribution is -0.109. The first-order chi connectivity index (χ1) is 33.8. The van der Waals surface area contributed by atoms with Crippen LogP contribution in [-0.2, 0) is 11.2 Å². The standard InChI is InChI=1S/C34H30O2.C20H20.C13H14/c1-24-11-17-33(34(19-24)36-2)32-18-16-30(22-31(32)23-35)28-14-12-25(13-15-28)20-26-7-6-10-29(21-26)27-8-4-3-5-9-27;1-15-8-6-7-11-19(15)20-14-18(13-12-16(20)2)17-9-4-3-5-10-17;1-11-6-5-9-13(10-11)12-7-3-2-4-8-12/h3-19,21,23,31H,20,22H2,1-2H3;3-15,19H,1-2H3;2-5,7-11H,6H2,1H3. The number of allylic oxidation sites excluding steroid dienone is 12. The van der Waals surface area contributed by atoms with Crippen molar-refractivity contribution in [1.29, 1.82) is 0 Å². The minimum atomic E-state index is -0.193. The fourth-order valence-electron chi connectivity index (χ4n) is 9.53. The van der Waals surface area contributed by atoms with Crippen LogP contribution in [-0.4, -0.2) is 13.4 Å². The maximum absolute atomic E-state index is 12.1. The van der Waals surface area contributed by atoms with E-state index < -0.39 is 0 Å². The summed E-state index contributed by atoms with van der Waals surface area (Å²) in [5, 5.41) is 0. The van der Waals surface area contributed by atoms with Gasteiger partial charge in [0.2, 0.25) is 0 Å². The summed E-state index contributed by atoms with van der Waals surface area (Å²) in [6, 6.07) is 62.1. The van der Waals surface area contributed by atoms with Gasteiger partial charge in [-0.2, -0.15) is 0 Å². The van der Waals surface area contributed by atoms with Crippen molar-refractivity contribution in [2.24, 2.45) is 17.8 Å². The van der Waals surface area contributed by atoms with E-state index >= 15 is 0 Å². The number of carbonyl (C=O) groups is 1. The van der Waals surface area contributed by atoms with Crippen molar-refractivity contribution in [2.75, 3.05) is 7.11 Å². The second kappa shape index (κ2) is 23.5. The second-order valence-corrected chi connectivity index (χ2v) is 18.6. The Morgan fingerprint density at radius 1 is 0.594 bits per heavy atom. The Hall–Kier alpha value is -7.55. The van der Waals surface area contributed by atoms with Crippen molar-refractivity contribution >= 4 is 23.0 Å². The Morgan fingerprint density at radius 2 is 1.23 bits per heavy atom. The van der Waals surface area contributed by atoms with Gasteiger partial charge in [0, 0.05) is 17.4 Å². The van der Waals surface area contributed by atoms with E-state index in [1.54, 1.807) is 7.11 Å². The molecule has 0 bridgehead atoms. The molecule has 7 aromatic rings. The minimum absolute atomic E-state index is 0.193. The zero-order valence-electron chi connectivity index (χ0n) is 40.8. The predicted molar refractivity (Wildman–Crippen MR) is 293 cm³/mol. The first-order valence-electron chi connectivity index (χ1n) is 24.5. The van der Waals surface area contributed by atoms with Gasteiger partial charge in [-0.3, -0.25) is 0 Å². The summed E-state index contributed by atoms with van der Waals surface area (Å²) in [6.07, 6.45) is 23.8. The topological polar surface area (TPSA) is 26.3 Å². The lowest BCUT2D eigenvalue weighted by Gasteiger charge is -2.23. The Labute approximate surface area is 411 Å². The summed E-state index contributed by atoms with van der Waals surface area (Å²) in [4.78, 5) is 12.1. The second-order valence-electron chi connectivity index (χ2n) is 18.6. The van der Waals surface area contributed by atoms with Crippen LogP contribution in [0.15, 0.2) is 231 Å². The average Bonchev–Trinajstić information content (AvgIpc) is 3.40. The highest BCUT2D eigenvalue weighted by atomic mass is 16.5. The molecule has 0 saturated heterocycles. The van der Waals surface area contributed by atoms with Crippen LogP contribution in [0.3, 0.4) is 0 Å². The van der Waals surface area contributed by atoms with Crippen LogP contribution in [0.5, 0.6) is 5.75 Å². The molecule has 0 radical (unpaired) electrons. The van der Waals surface area contributed by atoms with E-state index in [1.165, 1.54) is 67.6 Å². The van der Waals surface area contributed by atoms with Gasteiger partial charge >= 0.3 is 0 Å². The summed E-state index contributed by atoms with van der Waals surface area (Å²) in [5.74, 6) is 2.35. The third-order valence-electron chi connectivity index (χ3n) is 13.4. The van der Waals surface area contributed by atoms with Gasteiger partial charge in [0.15, 0.2) is 0 Å². The van der Waals surface area contributed by atoms with Crippen LogP contribution < -0.4 is 4.74 Å². The highest BCUT2D eigenvalue weighted by molar-refractivity contribution is 5.89. The zero-order valence-corrected chi connectivity index (χ0v) is 40.8. The van der Waals surface area contributed by atoms with Crippen LogP contribution >= 0.6 is 0 Å². The first-order valence-corrected chi connectivity index (χ1v) is 24.5. The summed E-state index contributed by atoms with van der Waals surface area (Å²) < 4.78 is 5.60. The van der Waals surface area contributed by atoms with E-state index in [0.29, 0.717) is 24.2 Å². The molecular formula is C67H64O2. The third kappa shape index (κ3) is 12.5. The van der Waals surface area contributed by atoms with Gasteiger partial charge in [0.05, 0.1) is 7.11 Å². The largest absolute Gasteiger partial charge is 0.496 e. The minimum Gasteiger partial charge on any atom is -0.496 e. The maximum atomic E-state index is 12.1. The summed E-state index contributed by atoms with van der Waals surface area (Å²) >= 11 is 0. The molecule has 69 heavy (non-hydrogen) atoms. The quantitative estimate of drug-likeness (QED) is 0.128. The van der Waals surface area contributed by atoms with Gasteiger partial charge in [-0.15, -0.1) is 0 Å². The van der Waals surface area contributed by atoms with Gasteiger partial charge in [-0.05, 0) is 129 Å². The maximum Gasteiger partial charge on any atom is 0.127 e. The van der Waals surface area contributed by atoms with Crippen LogP contribution in [0, 0.1) is 31.6 Å². The van der Waals surface area contributed by atoms with Crippen LogP contribution in [0.2, 0.25) is 0 Å². The Balaban J connectivity index is 0.000000161. The van der Waals surface area contributed by atoms with Crippen molar-refractivity contribution in [3.05, 3.63) is 275 Å². The molecule has 4 atom stereocenters.